The summed E-state index contributed by atoms with van der Waals surface area (Å²) in [6.07, 6.45) is 2.46. The second-order valence-corrected chi connectivity index (χ2v) is 6.28. The third-order valence-electron chi connectivity index (χ3n) is 4.22. The molecule has 1 aliphatic carbocycles. The molecule has 0 radical (unpaired) electrons. The van der Waals surface area contributed by atoms with Gasteiger partial charge in [0.05, 0.1) is 23.8 Å². The van der Waals surface area contributed by atoms with Gasteiger partial charge < -0.3 is 15.8 Å². The highest BCUT2D eigenvalue weighted by molar-refractivity contribution is 6.31. The first-order chi connectivity index (χ1) is 11.4. The van der Waals surface area contributed by atoms with Gasteiger partial charge in [0.2, 0.25) is 5.91 Å². The summed E-state index contributed by atoms with van der Waals surface area (Å²) in [7, 11) is 0. The smallest absolute Gasteiger partial charge is 0.308 e. The van der Waals surface area contributed by atoms with Crippen molar-refractivity contribution in [3.63, 3.8) is 0 Å². The molecule has 24 heavy (non-hydrogen) atoms. The van der Waals surface area contributed by atoms with E-state index < -0.39 is 5.91 Å². The van der Waals surface area contributed by atoms with Crippen molar-refractivity contribution in [2.45, 2.75) is 32.6 Å². The molecule has 3 N–H and O–H groups in total. The number of primary amides is 1. The van der Waals surface area contributed by atoms with Crippen molar-refractivity contribution < 1.29 is 19.1 Å². The molecule has 0 atom stereocenters. The fraction of sp³-hybridized carbons (Fsp3) is 0.471. The van der Waals surface area contributed by atoms with Gasteiger partial charge in [0.15, 0.2) is 0 Å². The van der Waals surface area contributed by atoms with E-state index >= 15 is 0 Å². The van der Waals surface area contributed by atoms with Crippen molar-refractivity contribution in [3.8, 4) is 0 Å². The molecule has 0 aliphatic heterocycles. The molecule has 7 heteroatoms. The first-order valence-corrected chi connectivity index (χ1v) is 8.37. The molecule has 1 aromatic carbocycles. The zero-order chi connectivity index (χ0) is 17.7. The maximum Gasteiger partial charge on any atom is 0.308 e. The van der Waals surface area contributed by atoms with E-state index in [1.807, 2.05) is 0 Å². The van der Waals surface area contributed by atoms with Crippen LogP contribution < -0.4 is 11.1 Å². The third kappa shape index (κ3) is 4.47. The van der Waals surface area contributed by atoms with Crippen LogP contribution in [-0.4, -0.2) is 24.4 Å². The molecule has 0 spiro atoms. The lowest BCUT2D eigenvalue weighted by molar-refractivity contribution is -0.150. The van der Waals surface area contributed by atoms with Crippen LogP contribution in [0.1, 0.15) is 43.0 Å². The molecule has 6 nitrogen and oxygen atoms in total. The Bertz CT molecular complexity index is 639. The van der Waals surface area contributed by atoms with Gasteiger partial charge in [-0.2, -0.15) is 0 Å². The number of nitrogens with two attached hydrogens (primary N) is 1. The average molecular weight is 353 g/mol. The van der Waals surface area contributed by atoms with Gasteiger partial charge in [0.25, 0.3) is 5.91 Å². The number of amides is 2. The maximum atomic E-state index is 12.4. The van der Waals surface area contributed by atoms with E-state index in [0.29, 0.717) is 43.0 Å². The molecular formula is C17H21ClN2O4. The standard InChI is InChI=1S/C17H21ClN2O4/c1-2-24-17(23)11-5-3-10(4-6-11)16(22)20-14-8-7-12(18)9-13(14)15(19)21/h7-11H,2-6H2,1H3,(H2,19,21)(H,20,22). The van der Waals surface area contributed by atoms with E-state index in [1.54, 1.807) is 19.1 Å². The molecular weight excluding hydrogens is 332 g/mol. The number of carbonyl (C=O) groups excluding carboxylic acids is 3. The number of hydrogen-bond donors (Lipinski definition) is 2. The van der Waals surface area contributed by atoms with Crippen molar-refractivity contribution in [3.05, 3.63) is 28.8 Å². The summed E-state index contributed by atoms with van der Waals surface area (Å²) in [5.74, 6) is -1.36. The molecule has 1 aliphatic rings. The molecule has 0 saturated heterocycles. The van der Waals surface area contributed by atoms with Gasteiger partial charge in [0.1, 0.15) is 0 Å². The fourth-order valence-corrected chi connectivity index (χ4v) is 3.09. The number of carbonyl (C=O) groups is 3. The fourth-order valence-electron chi connectivity index (χ4n) is 2.92. The summed E-state index contributed by atoms with van der Waals surface area (Å²) < 4.78 is 5.02. The lowest BCUT2D eigenvalue weighted by Gasteiger charge is -2.26. The van der Waals surface area contributed by atoms with Crippen LogP contribution >= 0.6 is 11.6 Å². The van der Waals surface area contributed by atoms with E-state index in [9.17, 15) is 14.4 Å². The zero-order valence-electron chi connectivity index (χ0n) is 13.5. The van der Waals surface area contributed by atoms with Crippen LogP contribution in [0.3, 0.4) is 0 Å². The molecule has 1 saturated carbocycles. The van der Waals surface area contributed by atoms with Crippen LogP contribution in [0.5, 0.6) is 0 Å². The molecule has 130 valence electrons. The first kappa shape index (κ1) is 18.3. The van der Waals surface area contributed by atoms with Crippen molar-refractivity contribution in [1.82, 2.24) is 0 Å². The summed E-state index contributed by atoms with van der Waals surface area (Å²) in [6.45, 7) is 2.14. The van der Waals surface area contributed by atoms with Crippen LogP contribution in [0.15, 0.2) is 18.2 Å². The topological polar surface area (TPSA) is 98.5 Å². The number of rotatable bonds is 5. The average Bonchev–Trinajstić information content (AvgIpc) is 2.56. The van der Waals surface area contributed by atoms with Gasteiger partial charge in [-0.25, -0.2) is 0 Å². The monoisotopic (exact) mass is 352 g/mol. The van der Waals surface area contributed by atoms with Gasteiger partial charge in [-0.05, 0) is 50.8 Å². The molecule has 0 unspecified atom stereocenters. The number of nitrogens with one attached hydrogen (secondary N) is 1. The first-order valence-electron chi connectivity index (χ1n) is 7.99. The lowest BCUT2D eigenvalue weighted by Crippen LogP contribution is -2.31. The Morgan fingerprint density at radius 1 is 1.21 bits per heavy atom. The van der Waals surface area contributed by atoms with Crippen LogP contribution in [0.2, 0.25) is 5.02 Å². The molecule has 2 amide bonds. The number of halogens is 1. The summed E-state index contributed by atoms with van der Waals surface area (Å²) >= 11 is 5.85. The maximum absolute atomic E-state index is 12.4. The molecule has 0 aromatic heterocycles. The van der Waals surface area contributed by atoms with E-state index in [-0.39, 0.29) is 29.3 Å². The Balaban J connectivity index is 1.97. The van der Waals surface area contributed by atoms with Gasteiger partial charge in [-0.3, -0.25) is 14.4 Å². The van der Waals surface area contributed by atoms with Crippen LogP contribution in [0.4, 0.5) is 5.69 Å². The molecule has 2 rings (SSSR count). The minimum absolute atomic E-state index is 0.134. The van der Waals surface area contributed by atoms with Crippen molar-refractivity contribution in [2.24, 2.45) is 17.6 Å². The molecule has 0 bridgehead atoms. The van der Waals surface area contributed by atoms with Gasteiger partial charge in [-0.15, -0.1) is 0 Å². The molecule has 1 fully saturated rings. The molecule has 0 heterocycles. The summed E-state index contributed by atoms with van der Waals surface area (Å²) in [5, 5.41) is 3.12. The Morgan fingerprint density at radius 3 is 2.42 bits per heavy atom. The van der Waals surface area contributed by atoms with Crippen LogP contribution in [0, 0.1) is 11.8 Å². The minimum Gasteiger partial charge on any atom is -0.466 e. The van der Waals surface area contributed by atoms with E-state index in [1.165, 1.54) is 6.07 Å². The summed E-state index contributed by atoms with van der Waals surface area (Å²) in [5.41, 5.74) is 5.85. The van der Waals surface area contributed by atoms with Gasteiger partial charge in [0, 0.05) is 10.9 Å². The number of hydrogen-bond acceptors (Lipinski definition) is 4. The zero-order valence-corrected chi connectivity index (χ0v) is 14.3. The quantitative estimate of drug-likeness (QED) is 0.796. The summed E-state index contributed by atoms with van der Waals surface area (Å²) in [6, 6.07) is 4.57. The van der Waals surface area contributed by atoms with Crippen LogP contribution in [0.25, 0.3) is 0 Å². The van der Waals surface area contributed by atoms with E-state index in [4.69, 9.17) is 22.1 Å². The second-order valence-electron chi connectivity index (χ2n) is 5.84. The van der Waals surface area contributed by atoms with Crippen molar-refractivity contribution >= 4 is 35.1 Å². The SMILES string of the molecule is CCOC(=O)C1CCC(C(=O)Nc2ccc(Cl)cc2C(N)=O)CC1. The second kappa shape index (κ2) is 8.15. The van der Waals surface area contributed by atoms with Gasteiger partial charge in [-0.1, -0.05) is 11.6 Å². The van der Waals surface area contributed by atoms with E-state index in [0.717, 1.165) is 0 Å². The largest absolute Gasteiger partial charge is 0.466 e. The number of benzene rings is 1. The third-order valence-corrected chi connectivity index (χ3v) is 4.46. The van der Waals surface area contributed by atoms with E-state index in [2.05, 4.69) is 5.32 Å². The molecule has 1 aromatic rings. The highest BCUT2D eigenvalue weighted by Gasteiger charge is 2.31. The van der Waals surface area contributed by atoms with Crippen molar-refractivity contribution in [2.75, 3.05) is 11.9 Å². The van der Waals surface area contributed by atoms with Crippen LogP contribution in [-0.2, 0) is 14.3 Å². The number of anilines is 1. The van der Waals surface area contributed by atoms with Gasteiger partial charge >= 0.3 is 5.97 Å². The highest BCUT2D eigenvalue weighted by atomic mass is 35.5. The number of ether oxygens (including phenoxy) is 1. The Labute approximate surface area is 145 Å². The van der Waals surface area contributed by atoms with Crippen molar-refractivity contribution in [1.29, 1.82) is 0 Å². The minimum atomic E-state index is -0.654. The number of esters is 1. The predicted octanol–water partition coefficient (Wildman–Crippen LogP) is 2.75. The Kier molecular flexibility index (Phi) is 6.20. The normalized spacial score (nSPS) is 20.2. The predicted molar refractivity (Wildman–Crippen MR) is 90.7 cm³/mol. The highest BCUT2D eigenvalue weighted by Crippen LogP contribution is 2.31. The summed E-state index contributed by atoms with van der Waals surface area (Å²) in [4.78, 5) is 35.6. The Hall–Kier alpha value is -2.08. The Morgan fingerprint density at radius 2 is 1.83 bits per heavy atom. The lowest BCUT2D eigenvalue weighted by atomic mass is 9.81.